The lowest BCUT2D eigenvalue weighted by Crippen LogP contribution is -2.29. The zero-order valence-corrected chi connectivity index (χ0v) is 15.8. The van der Waals surface area contributed by atoms with Gasteiger partial charge in [0.15, 0.2) is 5.69 Å². The number of nitrogens with zero attached hydrogens (tertiary/aromatic N) is 2. The quantitative estimate of drug-likeness (QED) is 0.702. The number of fused-ring (bicyclic) bond motifs is 1. The fourth-order valence-corrected chi connectivity index (χ4v) is 2.76. The van der Waals surface area contributed by atoms with Gasteiger partial charge in [-0.1, -0.05) is 39.0 Å². The Kier molecular flexibility index (Phi) is 5.54. The second kappa shape index (κ2) is 8.03. The van der Waals surface area contributed by atoms with Crippen LogP contribution < -0.4 is 10.6 Å². The van der Waals surface area contributed by atoms with E-state index in [2.05, 4.69) is 22.5 Å². The second-order valence-corrected chi connectivity index (χ2v) is 6.85. The van der Waals surface area contributed by atoms with Crippen LogP contribution in [0.4, 0.5) is 5.69 Å². The van der Waals surface area contributed by atoms with Crippen molar-refractivity contribution in [3.63, 3.8) is 0 Å². The van der Waals surface area contributed by atoms with Crippen molar-refractivity contribution in [1.82, 2.24) is 14.7 Å². The zero-order valence-electron chi connectivity index (χ0n) is 15.8. The molecule has 0 unspecified atom stereocenters. The van der Waals surface area contributed by atoms with Crippen molar-refractivity contribution in [1.29, 1.82) is 0 Å². The van der Waals surface area contributed by atoms with Crippen molar-refractivity contribution in [2.75, 3.05) is 11.9 Å². The number of anilines is 1. The summed E-state index contributed by atoms with van der Waals surface area (Å²) in [6.07, 6.45) is 2.67. The molecule has 2 heterocycles. The molecular weight excluding hydrogens is 340 g/mol. The van der Waals surface area contributed by atoms with E-state index in [1.165, 1.54) is 5.56 Å². The highest BCUT2D eigenvalue weighted by atomic mass is 16.2. The van der Waals surface area contributed by atoms with Gasteiger partial charge in [0, 0.05) is 18.4 Å². The van der Waals surface area contributed by atoms with Gasteiger partial charge < -0.3 is 10.6 Å². The minimum atomic E-state index is -0.342. The number of carbonyl (C=O) groups is 2. The van der Waals surface area contributed by atoms with Crippen molar-refractivity contribution in [2.24, 2.45) is 5.92 Å². The summed E-state index contributed by atoms with van der Waals surface area (Å²) in [6, 6.07) is 13.1. The van der Waals surface area contributed by atoms with Crippen LogP contribution in [0.2, 0.25) is 0 Å². The first-order valence-corrected chi connectivity index (χ1v) is 9.15. The van der Waals surface area contributed by atoms with Gasteiger partial charge >= 0.3 is 0 Å². The van der Waals surface area contributed by atoms with Crippen LogP contribution in [-0.2, 0) is 6.42 Å². The predicted molar refractivity (Wildman–Crippen MR) is 106 cm³/mol. The van der Waals surface area contributed by atoms with E-state index in [-0.39, 0.29) is 23.3 Å². The normalized spacial score (nSPS) is 11.0. The summed E-state index contributed by atoms with van der Waals surface area (Å²) in [7, 11) is 0. The number of hydrogen-bond acceptors (Lipinski definition) is 3. The highest BCUT2D eigenvalue weighted by Crippen LogP contribution is 2.16. The van der Waals surface area contributed by atoms with Gasteiger partial charge in [0.1, 0.15) is 0 Å². The van der Waals surface area contributed by atoms with Gasteiger partial charge in [-0.15, -0.1) is 0 Å². The van der Waals surface area contributed by atoms with E-state index in [9.17, 15) is 9.59 Å². The summed E-state index contributed by atoms with van der Waals surface area (Å²) in [6.45, 7) is 6.67. The molecule has 0 bridgehead atoms. The molecule has 2 N–H and O–H groups in total. The van der Waals surface area contributed by atoms with Gasteiger partial charge in [0.05, 0.1) is 5.52 Å². The second-order valence-electron chi connectivity index (χ2n) is 6.85. The largest absolute Gasteiger partial charge is 0.349 e. The van der Waals surface area contributed by atoms with Crippen LogP contribution in [0.15, 0.2) is 48.7 Å². The highest BCUT2D eigenvalue weighted by molar-refractivity contribution is 6.08. The number of imidazole rings is 1. The molecule has 27 heavy (non-hydrogen) atoms. The number of carbonyl (C=O) groups excluding carboxylic acids is 2. The Bertz CT molecular complexity index is 958. The van der Waals surface area contributed by atoms with Crippen molar-refractivity contribution < 1.29 is 9.59 Å². The maximum atomic E-state index is 12.8. The third kappa shape index (κ3) is 4.16. The van der Waals surface area contributed by atoms with E-state index in [0.29, 0.717) is 23.7 Å². The monoisotopic (exact) mass is 364 g/mol. The van der Waals surface area contributed by atoms with Crippen molar-refractivity contribution >= 4 is 23.0 Å². The van der Waals surface area contributed by atoms with Gasteiger partial charge in [-0.05, 0) is 42.2 Å². The third-order valence-electron chi connectivity index (χ3n) is 4.26. The van der Waals surface area contributed by atoms with Crippen LogP contribution in [-0.4, -0.2) is 27.7 Å². The fraction of sp³-hybridized carbons (Fsp3) is 0.286. The van der Waals surface area contributed by atoms with E-state index < -0.39 is 0 Å². The number of aromatic nitrogens is 2. The number of hydrogen-bond donors (Lipinski definition) is 2. The molecule has 0 aliphatic heterocycles. The summed E-state index contributed by atoms with van der Waals surface area (Å²) in [4.78, 5) is 29.6. The molecule has 140 valence electrons. The van der Waals surface area contributed by atoms with E-state index in [1.54, 1.807) is 22.7 Å². The zero-order chi connectivity index (χ0) is 19.4. The van der Waals surface area contributed by atoms with Crippen LogP contribution in [0, 0.1) is 5.92 Å². The summed E-state index contributed by atoms with van der Waals surface area (Å²) < 4.78 is 1.64. The van der Waals surface area contributed by atoms with Crippen molar-refractivity contribution in [3.05, 3.63) is 65.7 Å². The Labute approximate surface area is 158 Å². The van der Waals surface area contributed by atoms with Gasteiger partial charge in [-0.2, -0.15) is 0 Å². The lowest BCUT2D eigenvalue weighted by Gasteiger charge is -2.06. The Morgan fingerprint density at radius 2 is 1.81 bits per heavy atom. The summed E-state index contributed by atoms with van der Waals surface area (Å²) in [5.41, 5.74) is 2.71. The molecule has 0 aliphatic carbocycles. The van der Waals surface area contributed by atoms with Crippen LogP contribution >= 0.6 is 0 Å². The minimum Gasteiger partial charge on any atom is -0.349 e. The molecule has 0 aliphatic rings. The van der Waals surface area contributed by atoms with E-state index in [4.69, 9.17) is 0 Å². The lowest BCUT2D eigenvalue weighted by atomic mass is 10.1. The number of aryl methyl sites for hydroxylation is 1. The molecule has 1 aromatic carbocycles. The first-order valence-electron chi connectivity index (χ1n) is 9.15. The molecule has 0 fully saturated rings. The van der Waals surface area contributed by atoms with Crippen LogP contribution in [0.5, 0.6) is 0 Å². The lowest BCUT2D eigenvalue weighted by molar-refractivity contribution is 0.0938. The summed E-state index contributed by atoms with van der Waals surface area (Å²) >= 11 is 0. The number of pyridine rings is 1. The maximum absolute atomic E-state index is 12.8. The minimum absolute atomic E-state index is 0.206. The molecule has 0 saturated carbocycles. The first-order chi connectivity index (χ1) is 13.0. The Hall–Kier alpha value is -3.15. The molecule has 3 rings (SSSR count). The average molecular weight is 364 g/mol. The van der Waals surface area contributed by atoms with Crippen LogP contribution in [0.25, 0.3) is 5.52 Å². The molecule has 3 aromatic rings. The summed E-state index contributed by atoms with van der Waals surface area (Å²) in [5.74, 6) is -0.103. The standard InChI is InChI=1S/C21H24N4O2/c1-4-15-8-10-16(11-9-15)23-20(26)18-17-7-5-6-12-25(17)19(24-18)21(27)22-13-14(2)3/h5-12,14H,4,13H2,1-3H3,(H,22,27)(H,23,26). The van der Waals surface area contributed by atoms with Gasteiger partial charge in [0.2, 0.25) is 5.82 Å². The Morgan fingerprint density at radius 3 is 2.48 bits per heavy atom. The molecule has 0 saturated heterocycles. The van der Waals surface area contributed by atoms with Crippen LogP contribution in [0.1, 0.15) is 47.4 Å². The first kappa shape index (κ1) is 18.6. The van der Waals surface area contributed by atoms with E-state index in [1.807, 2.05) is 44.2 Å². The van der Waals surface area contributed by atoms with Gasteiger partial charge in [-0.25, -0.2) is 4.98 Å². The van der Waals surface area contributed by atoms with Crippen LogP contribution in [0.3, 0.4) is 0 Å². The van der Waals surface area contributed by atoms with Crippen molar-refractivity contribution in [3.8, 4) is 0 Å². The molecule has 0 atom stereocenters. The fourth-order valence-electron chi connectivity index (χ4n) is 2.76. The van der Waals surface area contributed by atoms with Crippen molar-refractivity contribution in [2.45, 2.75) is 27.2 Å². The third-order valence-corrected chi connectivity index (χ3v) is 4.26. The molecule has 6 heteroatoms. The highest BCUT2D eigenvalue weighted by Gasteiger charge is 2.21. The summed E-state index contributed by atoms with van der Waals surface area (Å²) in [5, 5.41) is 5.71. The smallest absolute Gasteiger partial charge is 0.287 e. The van der Waals surface area contributed by atoms with Gasteiger partial charge in [0.25, 0.3) is 11.8 Å². The molecule has 0 radical (unpaired) electrons. The maximum Gasteiger partial charge on any atom is 0.287 e. The number of rotatable bonds is 6. The molecular formula is C21H24N4O2. The average Bonchev–Trinajstić information content (AvgIpc) is 3.06. The number of amides is 2. The molecule has 2 amide bonds. The molecule has 2 aromatic heterocycles. The molecule has 0 spiro atoms. The van der Waals surface area contributed by atoms with E-state index >= 15 is 0 Å². The Balaban J connectivity index is 1.89. The molecule has 6 nitrogen and oxygen atoms in total. The predicted octanol–water partition coefficient (Wildman–Crippen LogP) is 3.53. The van der Waals surface area contributed by atoms with Gasteiger partial charge in [-0.3, -0.25) is 14.0 Å². The number of nitrogens with one attached hydrogen (secondary N) is 2. The number of benzene rings is 1. The topological polar surface area (TPSA) is 75.5 Å². The Morgan fingerprint density at radius 1 is 1.07 bits per heavy atom. The SMILES string of the molecule is CCc1ccc(NC(=O)c2nc(C(=O)NCC(C)C)n3ccccc23)cc1. The van der Waals surface area contributed by atoms with E-state index in [0.717, 1.165) is 6.42 Å².